The Morgan fingerprint density at radius 3 is 2.58 bits per heavy atom. The van der Waals surface area contributed by atoms with E-state index < -0.39 is 0 Å². The second-order valence-corrected chi connectivity index (χ2v) is 2.25. The molecular formula is C9H12O3. The average Bonchev–Trinajstić information content (AvgIpc) is 1.98. The number of aldehydes is 1. The number of rotatable bonds is 4. The number of hydrogen-bond donors (Lipinski definition) is 0. The Bertz CT molecular complexity index is 214. The molecule has 3 heteroatoms. The number of esters is 1. The minimum atomic E-state index is -0.309. The second-order valence-electron chi connectivity index (χ2n) is 2.25. The Morgan fingerprint density at radius 1 is 1.42 bits per heavy atom. The number of carbonyl (C=O) groups is 2. The van der Waals surface area contributed by atoms with E-state index in [9.17, 15) is 9.59 Å². The second kappa shape index (κ2) is 6.34. The lowest BCUT2D eigenvalue weighted by Crippen LogP contribution is -1.97. The fraction of sp³-hybridized carbons (Fsp3) is 0.333. The van der Waals surface area contributed by atoms with Gasteiger partial charge in [0.15, 0.2) is 0 Å². The van der Waals surface area contributed by atoms with Crippen LogP contribution >= 0.6 is 0 Å². The van der Waals surface area contributed by atoms with Crippen molar-refractivity contribution in [3.8, 4) is 0 Å². The first-order chi connectivity index (χ1) is 5.66. The van der Waals surface area contributed by atoms with E-state index in [1.54, 1.807) is 19.1 Å². The third kappa shape index (κ3) is 6.74. The molecule has 0 rings (SSSR count). The van der Waals surface area contributed by atoms with Crippen LogP contribution in [0, 0.1) is 0 Å². The van der Waals surface area contributed by atoms with Crippen molar-refractivity contribution in [2.75, 3.05) is 6.61 Å². The van der Waals surface area contributed by atoms with Crippen molar-refractivity contribution in [2.45, 2.75) is 13.8 Å². The van der Waals surface area contributed by atoms with Crippen LogP contribution in [0.4, 0.5) is 0 Å². The quantitative estimate of drug-likeness (QED) is 0.274. The molecule has 0 fully saturated rings. The van der Waals surface area contributed by atoms with Gasteiger partial charge in [0, 0.05) is 6.92 Å². The van der Waals surface area contributed by atoms with Gasteiger partial charge in [0.25, 0.3) is 0 Å². The van der Waals surface area contributed by atoms with E-state index in [1.165, 1.54) is 13.0 Å². The van der Waals surface area contributed by atoms with Crippen molar-refractivity contribution in [3.05, 3.63) is 23.8 Å². The molecule has 0 radical (unpaired) electrons. The predicted octanol–water partition coefficient (Wildman–Crippen LogP) is 1.25. The lowest BCUT2D eigenvalue weighted by Gasteiger charge is -1.94. The van der Waals surface area contributed by atoms with Gasteiger partial charge in [-0.15, -0.1) is 0 Å². The molecule has 0 aliphatic carbocycles. The normalized spacial score (nSPS) is 11.7. The van der Waals surface area contributed by atoms with Crippen molar-refractivity contribution in [3.63, 3.8) is 0 Å². The van der Waals surface area contributed by atoms with Gasteiger partial charge in [-0.05, 0) is 24.6 Å². The van der Waals surface area contributed by atoms with Gasteiger partial charge in [-0.1, -0.05) is 6.08 Å². The SMILES string of the molecule is CC(=O)OC/C=C/C(C)=C/C=O. The van der Waals surface area contributed by atoms with Gasteiger partial charge >= 0.3 is 5.97 Å². The molecule has 0 unspecified atom stereocenters. The molecule has 0 heterocycles. The zero-order valence-electron chi connectivity index (χ0n) is 7.24. The predicted molar refractivity (Wildman–Crippen MR) is 45.6 cm³/mol. The highest BCUT2D eigenvalue weighted by Gasteiger charge is 1.86. The summed E-state index contributed by atoms with van der Waals surface area (Å²) in [5, 5.41) is 0. The van der Waals surface area contributed by atoms with Crippen LogP contribution < -0.4 is 0 Å². The Balaban J connectivity index is 3.68. The van der Waals surface area contributed by atoms with E-state index in [2.05, 4.69) is 4.74 Å². The van der Waals surface area contributed by atoms with Gasteiger partial charge in [0.05, 0.1) is 0 Å². The summed E-state index contributed by atoms with van der Waals surface area (Å²) in [7, 11) is 0. The highest BCUT2D eigenvalue weighted by atomic mass is 16.5. The number of hydrogen-bond acceptors (Lipinski definition) is 3. The van der Waals surface area contributed by atoms with E-state index in [0.717, 1.165) is 5.57 Å². The molecule has 0 saturated heterocycles. The molecule has 0 N–H and O–H groups in total. The Kier molecular flexibility index (Phi) is 5.61. The highest BCUT2D eigenvalue weighted by Crippen LogP contribution is 1.92. The van der Waals surface area contributed by atoms with Crippen LogP contribution in [-0.2, 0) is 14.3 Å². The topological polar surface area (TPSA) is 43.4 Å². The monoisotopic (exact) mass is 168 g/mol. The van der Waals surface area contributed by atoms with E-state index >= 15 is 0 Å². The van der Waals surface area contributed by atoms with Gasteiger partial charge in [0.1, 0.15) is 12.9 Å². The molecule has 12 heavy (non-hydrogen) atoms. The van der Waals surface area contributed by atoms with Gasteiger partial charge in [-0.3, -0.25) is 9.59 Å². The first-order valence-corrected chi connectivity index (χ1v) is 3.58. The molecule has 0 aliphatic heterocycles. The molecular weight excluding hydrogens is 156 g/mol. The third-order valence-corrected chi connectivity index (χ3v) is 1.09. The van der Waals surface area contributed by atoms with Crippen molar-refractivity contribution in [1.82, 2.24) is 0 Å². The molecule has 0 atom stereocenters. The standard InChI is InChI=1S/C9H12O3/c1-8(5-6-10)4-3-7-12-9(2)11/h3-6H,7H2,1-2H3/b4-3+,8-5+. The molecule has 0 spiro atoms. The van der Waals surface area contributed by atoms with E-state index in [-0.39, 0.29) is 12.6 Å². The first kappa shape index (κ1) is 10.6. The zero-order valence-corrected chi connectivity index (χ0v) is 7.24. The summed E-state index contributed by atoms with van der Waals surface area (Å²) >= 11 is 0. The third-order valence-electron chi connectivity index (χ3n) is 1.09. The van der Waals surface area contributed by atoms with Crippen LogP contribution in [0.25, 0.3) is 0 Å². The maximum absolute atomic E-state index is 10.3. The van der Waals surface area contributed by atoms with Crippen LogP contribution in [0.2, 0.25) is 0 Å². The number of carbonyl (C=O) groups excluding carboxylic acids is 2. The van der Waals surface area contributed by atoms with Crippen LogP contribution in [0.1, 0.15) is 13.8 Å². The summed E-state index contributed by atoms with van der Waals surface area (Å²) in [6.45, 7) is 3.39. The molecule has 0 saturated carbocycles. The molecule has 0 amide bonds. The molecule has 0 aromatic carbocycles. The minimum absolute atomic E-state index is 0.249. The molecule has 3 nitrogen and oxygen atoms in total. The van der Waals surface area contributed by atoms with E-state index in [0.29, 0.717) is 6.29 Å². The molecule has 0 aromatic rings. The minimum Gasteiger partial charge on any atom is -0.462 e. The fourth-order valence-corrected chi connectivity index (χ4v) is 0.562. The van der Waals surface area contributed by atoms with Gasteiger partial charge < -0.3 is 4.74 Å². The summed E-state index contributed by atoms with van der Waals surface area (Å²) in [6, 6.07) is 0. The highest BCUT2D eigenvalue weighted by molar-refractivity contribution is 5.67. The average molecular weight is 168 g/mol. The van der Waals surface area contributed by atoms with Crippen molar-refractivity contribution in [1.29, 1.82) is 0 Å². The summed E-state index contributed by atoms with van der Waals surface area (Å²) in [4.78, 5) is 20.2. The smallest absolute Gasteiger partial charge is 0.302 e. The summed E-state index contributed by atoms with van der Waals surface area (Å²) < 4.78 is 4.63. The van der Waals surface area contributed by atoms with Crippen molar-refractivity contribution in [2.24, 2.45) is 0 Å². The largest absolute Gasteiger partial charge is 0.462 e. The summed E-state index contributed by atoms with van der Waals surface area (Å²) in [6.07, 6.45) is 5.55. The molecule has 66 valence electrons. The van der Waals surface area contributed by atoms with Gasteiger partial charge in [-0.25, -0.2) is 0 Å². The summed E-state index contributed by atoms with van der Waals surface area (Å²) in [5.74, 6) is -0.309. The van der Waals surface area contributed by atoms with E-state index in [4.69, 9.17) is 0 Å². The van der Waals surface area contributed by atoms with Gasteiger partial charge in [-0.2, -0.15) is 0 Å². The Hall–Kier alpha value is -1.38. The summed E-state index contributed by atoms with van der Waals surface area (Å²) in [5.41, 5.74) is 0.831. The van der Waals surface area contributed by atoms with Crippen LogP contribution in [0.15, 0.2) is 23.8 Å². The Morgan fingerprint density at radius 2 is 2.08 bits per heavy atom. The van der Waals surface area contributed by atoms with Crippen LogP contribution in [0.3, 0.4) is 0 Å². The first-order valence-electron chi connectivity index (χ1n) is 3.58. The fourth-order valence-electron chi connectivity index (χ4n) is 0.562. The lowest BCUT2D eigenvalue weighted by atomic mass is 10.3. The number of allylic oxidation sites excluding steroid dienone is 3. The van der Waals surface area contributed by atoms with E-state index in [1.807, 2.05) is 0 Å². The molecule has 0 bridgehead atoms. The Labute approximate surface area is 71.7 Å². The molecule has 0 aliphatic rings. The maximum Gasteiger partial charge on any atom is 0.302 e. The number of ether oxygens (including phenoxy) is 1. The van der Waals surface area contributed by atoms with Crippen LogP contribution in [-0.4, -0.2) is 18.9 Å². The molecule has 0 aromatic heterocycles. The van der Waals surface area contributed by atoms with Gasteiger partial charge in [0.2, 0.25) is 0 Å². The van der Waals surface area contributed by atoms with Crippen LogP contribution in [0.5, 0.6) is 0 Å². The van der Waals surface area contributed by atoms with Crippen molar-refractivity contribution < 1.29 is 14.3 Å². The lowest BCUT2D eigenvalue weighted by molar-refractivity contribution is -0.139. The zero-order chi connectivity index (χ0) is 9.40. The maximum atomic E-state index is 10.3. The van der Waals surface area contributed by atoms with Crippen molar-refractivity contribution >= 4 is 12.3 Å².